The van der Waals surface area contributed by atoms with Crippen molar-refractivity contribution in [2.75, 3.05) is 0 Å². The van der Waals surface area contributed by atoms with Crippen molar-refractivity contribution in [2.24, 2.45) is 10.9 Å². The summed E-state index contributed by atoms with van der Waals surface area (Å²) in [6.07, 6.45) is 3.52. The van der Waals surface area contributed by atoms with Gasteiger partial charge < -0.3 is 5.32 Å². The summed E-state index contributed by atoms with van der Waals surface area (Å²) in [6, 6.07) is 0.367. The summed E-state index contributed by atoms with van der Waals surface area (Å²) in [5.74, 6) is 0.635. The smallest absolute Gasteiger partial charge is 0.230 e. The van der Waals surface area contributed by atoms with Gasteiger partial charge in [-0.15, -0.1) is 0 Å². The predicted octanol–water partition coefficient (Wildman–Crippen LogP) is 1.26. The van der Waals surface area contributed by atoms with Gasteiger partial charge in [0.15, 0.2) is 0 Å². The van der Waals surface area contributed by atoms with Gasteiger partial charge >= 0.3 is 0 Å². The molecule has 0 aliphatic carbocycles. The average Bonchev–Trinajstić information content (AvgIpc) is 2.42. The summed E-state index contributed by atoms with van der Waals surface area (Å²) >= 11 is 0. The van der Waals surface area contributed by atoms with Crippen LogP contribution in [0.4, 0.5) is 0 Å². The lowest BCUT2D eigenvalue weighted by Gasteiger charge is -2.19. The zero-order chi connectivity index (χ0) is 9.42. The number of nitrogens with zero attached hydrogens (tertiary/aromatic N) is 1. The highest BCUT2D eigenvalue weighted by molar-refractivity contribution is 6.17. The van der Waals surface area contributed by atoms with Crippen LogP contribution in [0.3, 0.4) is 0 Å². The molecule has 2 heterocycles. The van der Waals surface area contributed by atoms with E-state index in [2.05, 4.69) is 30.2 Å². The van der Waals surface area contributed by atoms with E-state index in [0.29, 0.717) is 18.4 Å². The third-order valence-electron chi connectivity index (χ3n) is 2.57. The molecule has 0 aromatic rings. The molecule has 0 aromatic heterocycles. The summed E-state index contributed by atoms with van der Waals surface area (Å²) in [7, 11) is 0. The van der Waals surface area contributed by atoms with E-state index < -0.39 is 0 Å². The largest absolute Gasteiger partial charge is 0.324 e. The molecule has 2 aliphatic heterocycles. The van der Waals surface area contributed by atoms with Gasteiger partial charge in [0.05, 0.1) is 23.9 Å². The molecule has 0 aromatic carbocycles. The molecule has 0 radical (unpaired) electrons. The van der Waals surface area contributed by atoms with E-state index in [1.165, 1.54) is 0 Å². The molecular weight excluding hydrogens is 164 g/mol. The van der Waals surface area contributed by atoms with Gasteiger partial charge in [0.2, 0.25) is 5.91 Å². The van der Waals surface area contributed by atoms with Crippen molar-refractivity contribution in [3.63, 3.8) is 0 Å². The molecule has 1 atom stereocenters. The Balaban J connectivity index is 2.20. The number of dihydropyridines is 1. The van der Waals surface area contributed by atoms with Crippen LogP contribution in [0.5, 0.6) is 0 Å². The maximum absolute atomic E-state index is 11.1. The highest BCUT2D eigenvalue weighted by Crippen LogP contribution is 2.22. The van der Waals surface area contributed by atoms with Crippen LogP contribution in [0, 0.1) is 5.92 Å². The SMILES string of the molecule is CC(C)C1CC=C2NC(=O)CC2=N1. The first kappa shape index (κ1) is 8.48. The normalized spacial score (nSPS) is 26.7. The molecule has 1 fully saturated rings. The van der Waals surface area contributed by atoms with E-state index in [4.69, 9.17) is 0 Å². The number of rotatable bonds is 1. The summed E-state index contributed by atoms with van der Waals surface area (Å²) in [5.41, 5.74) is 1.90. The van der Waals surface area contributed by atoms with E-state index >= 15 is 0 Å². The highest BCUT2D eigenvalue weighted by atomic mass is 16.1. The van der Waals surface area contributed by atoms with Crippen LogP contribution < -0.4 is 5.32 Å². The second kappa shape index (κ2) is 2.98. The molecule has 3 nitrogen and oxygen atoms in total. The molecule has 1 amide bonds. The van der Waals surface area contributed by atoms with Crippen molar-refractivity contribution in [1.29, 1.82) is 0 Å². The van der Waals surface area contributed by atoms with Crippen LogP contribution in [0.25, 0.3) is 0 Å². The van der Waals surface area contributed by atoms with Crippen LogP contribution in [0.1, 0.15) is 26.7 Å². The number of carbonyl (C=O) groups excluding carboxylic acids is 1. The molecule has 0 saturated carbocycles. The van der Waals surface area contributed by atoms with Gasteiger partial charge in [-0.2, -0.15) is 0 Å². The number of hydrogen-bond acceptors (Lipinski definition) is 2. The molecule has 13 heavy (non-hydrogen) atoms. The number of hydrogen-bond donors (Lipinski definition) is 1. The Labute approximate surface area is 77.9 Å². The first-order valence-corrected chi connectivity index (χ1v) is 4.74. The predicted molar refractivity (Wildman–Crippen MR) is 51.5 cm³/mol. The summed E-state index contributed by atoms with van der Waals surface area (Å²) in [6.45, 7) is 4.33. The zero-order valence-electron chi connectivity index (χ0n) is 8.00. The Hall–Kier alpha value is -1.12. The molecule has 3 heteroatoms. The molecule has 1 unspecified atom stereocenters. The third-order valence-corrected chi connectivity index (χ3v) is 2.57. The Morgan fingerprint density at radius 2 is 2.38 bits per heavy atom. The molecule has 0 bridgehead atoms. The maximum atomic E-state index is 11.1. The molecule has 1 saturated heterocycles. The van der Waals surface area contributed by atoms with E-state index in [0.717, 1.165) is 17.8 Å². The Bertz CT molecular complexity index is 302. The fourth-order valence-electron chi connectivity index (χ4n) is 1.71. The van der Waals surface area contributed by atoms with Gasteiger partial charge in [-0.25, -0.2) is 0 Å². The van der Waals surface area contributed by atoms with Crippen LogP contribution in [-0.2, 0) is 4.79 Å². The standard InChI is InChI=1S/C10H14N2O/c1-6(2)7-3-4-8-9(11-7)5-10(13)12-8/h4,6-7H,3,5H2,1-2H3,(H,12,13). The summed E-state index contributed by atoms with van der Waals surface area (Å²) in [4.78, 5) is 15.6. The molecular formula is C10H14N2O. The first-order valence-electron chi connectivity index (χ1n) is 4.74. The molecule has 2 aliphatic rings. The fourth-order valence-corrected chi connectivity index (χ4v) is 1.71. The van der Waals surface area contributed by atoms with Crippen LogP contribution >= 0.6 is 0 Å². The number of aliphatic imine (C=N–C) groups is 1. The lowest BCUT2D eigenvalue weighted by molar-refractivity contribution is -0.118. The van der Waals surface area contributed by atoms with Gasteiger partial charge in [0.1, 0.15) is 0 Å². The maximum Gasteiger partial charge on any atom is 0.230 e. The van der Waals surface area contributed by atoms with Crippen molar-refractivity contribution in [3.8, 4) is 0 Å². The van der Waals surface area contributed by atoms with E-state index in [1.54, 1.807) is 0 Å². The number of fused-ring (bicyclic) bond motifs is 1. The summed E-state index contributed by atoms with van der Waals surface area (Å²) in [5, 5.41) is 2.81. The molecule has 2 rings (SSSR count). The van der Waals surface area contributed by atoms with E-state index in [-0.39, 0.29) is 5.91 Å². The van der Waals surface area contributed by atoms with Crippen molar-refractivity contribution in [3.05, 3.63) is 11.8 Å². The molecule has 0 spiro atoms. The second-order valence-electron chi connectivity index (χ2n) is 3.97. The number of allylic oxidation sites excluding steroid dienone is 1. The number of amides is 1. The number of carbonyl (C=O) groups is 1. The van der Waals surface area contributed by atoms with Gasteiger partial charge in [-0.05, 0) is 12.3 Å². The second-order valence-corrected chi connectivity index (χ2v) is 3.97. The van der Waals surface area contributed by atoms with Crippen molar-refractivity contribution in [2.45, 2.75) is 32.7 Å². The van der Waals surface area contributed by atoms with E-state index in [9.17, 15) is 4.79 Å². The molecule has 70 valence electrons. The molecule has 1 N–H and O–H groups in total. The number of nitrogens with one attached hydrogen (secondary N) is 1. The minimum atomic E-state index is 0.0782. The first-order chi connectivity index (χ1) is 6.16. The minimum absolute atomic E-state index is 0.0782. The van der Waals surface area contributed by atoms with Crippen LogP contribution in [0.2, 0.25) is 0 Å². The average molecular weight is 178 g/mol. The van der Waals surface area contributed by atoms with Gasteiger partial charge in [-0.1, -0.05) is 19.9 Å². The van der Waals surface area contributed by atoms with Gasteiger partial charge in [-0.3, -0.25) is 9.79 Å². The van der Waals surface area contributed by atoms with Crippen molar-refractivity contribution < 1.29 is 4.79 Å². The minimum Gasteiger partial charge on any atom is -0.324 e. The lowest BCUT2D eigenvalue weighted by Crippen LogP contribution is -2.21. The Morgan fingerprint density at radius 3 is 3.08 bits per heavy atom. The highest BCUT2D eigenvalue weighted by Gasteiger charge is 2.27. The van der Waals surface area contributed by atoms with E-state index in [1.807, 2.05) is 0 Å². The quantitative estimate of drug-likeness (QED) is 0.645. The van der Waals surface area contributed by atoms with Crippen molar-refractivity contribution >= 4 is 11.6 Å². The lowest BCUT2D eigenvalue weighted by atomic mass is 9.98. The van der Waals surface area contributed by atoms with Gasteiger partial charge in [0.25, 0.3) is 0 Å². The van der Waals surface area contributed by atoms with Crippen LogP contribution in [-0.4, -0.2) is 17.7 Å². The zero-order valence-corrected chi connectivity index (χ0v) is 8.00. The van der Waals surface area contributed by atoms with Crippen LogP contribution in [0.15, 0.2) is 16.8 Å². The fraction of sp³-hybridized carbons (Fsp3) is 0.600. The van der Waals surface area contributed by atoms with Crippen molar-refractivity contribution in [1.82, 2.24) is 5.32 Å². The summed E-state index contributed by atoms with van der Waals surface area (Å²) < 4.78 is 0. The topological polar surface area (TPSA) is 41.5 Å². The third kappa shape index (κ3) is 1.50. The monoisotopic (exact) mass is 178 g/mol. The Kier molecular flexibility index (Phi) is 1.94. The van der Waals surface area contributed by atoms with Gasteiger partial charge in [0, 0.05) is 0 Å². The Morgan fingerprint density at radius 1 is 1.62 bits per heavy atom.